The summed E-state index contributed by atoms with van der Waals surface area (Å²) in [5, 5.41) is 0. The van der Waals surface area contributed by atoms with Gasteiger partial charge in [0.1, 0.15) is 6.54 Å². The second-order valence-corrected chi connectivity index (χ2v) is 5.36. The number of alkyl halides is 3. The third-order valence-corrected chi connectivity index (χ3v) is 3.65. The first-order valence-electron chi connectivity index (χ1n) is 5.15. The van der Waals surface area contributed by atoms with Crippen molar-refractivity contribution in [3.8, 4) is 0 Å². The highest BCUT2D eigenvalue weighted by Crippen LogP contribution is 2.17. The first-order valence-corrected chi connectivity index (χ1v) is 6.63. The van der Waals surface area contributed by atoms with Crippen molar-refractivity contribution in [1.82, 2.24) is 9.29 Å². The average molecular weight is 285 g/mol. The van der Waals surface area contributed by atoms with Crippen molar-refractivity contribution in [2.24, 2.45) is 5.73 Å². The van der Waals surface area contributed by atoms with Crippen molar-refractivity contribution >= 4 is 10.0 Å². The van der Waals surface area contributed by atoms with Gasteiger partial charge >= 0.3 is 6.18 Å². The van der Waals surface area contributed by atoms with Crippen LogP contribution in [0.1, 0.15) is 12.6 Å². The van der Waals surface area contributed by atoms with Gasteiger partial charge in [-0.3, -0.25) is 0 Å². The molecule has 0 saturated carbocycles. The van der Waals surface area contributed by atoms with E-state index in [1.807, 2.05) is 0 Å². The van der Waals surface area contributed by atoms with Gasteiger partial charge in [0.25, 0.3) is 0 Å². The van der Waals surface area contributed by atoms with Crippen molar-refractivity contribution in [1.29, 1.82) is 0 Å². The Bertz CT molecular complexity index is 486. The van der Waals surface area contributed by atoms with Gasteiger partial charge in [0.15, 0.2) is 0 Å². The minimum absolute atomic E-state index is 0.114. The second kappa shape index (κ2) is 5.29. The van der Waals surface area contributed by atoms with Crippen LogP contribution in [0.5, 0.6) is 0 Å². The number of hydrogen-bond acceptors (Lipinski definition) is 3. The first kappa shape index (κ1) is 15.0. The molecule has 5 nitrogen and oxygen atoms in total. The summed E-state index contributed by atoms with van der Waals surface area (Å²) < 4.78 is 62.2. The molecule has 0 radical (unpaired) electrons. The number of sulfonamides is 1. The Morgan fingerprint density at radius 2 is 2.06 bits per heavy atom. The average Bonchev–Trinajstić information content (AvgIpc) is 2.69. The van der Waals surface area contributed by atoms with Gasteiger partial charge in [0, 0.05) is 25.0 Å². The maximum Gasteiger partial charge on any atom is 0.402 e. The number of rotatable bonds is 5. The van der Waals surface area contributed by atoms with Gasteiger partial charge in [-0.1, -0.05) is 0 Å². The van der Waals surface area contributed by atoms with Crippen LogP contribution >= 0.6 is 0 Å². The fraction of sp³-hybridized carbons (Fsp3) is 0.556. The number of halogens is 3. The van der Waals surface area contributed by atoms with E-state index in [0.717, 1.165) is 0 Å². The number of nitrogens with one attached hydrogen (secondary N) is 1. The standard InChI is InChI=1S/C9H14F3N3O2S/c1-2-15-5-8(3-7(15)4-13)18(16,17)14-6-9(10,11)12/h3,5,14H,2,4,6,13H2,1H3. The van der Waals surface area contributed by atoms with Crippen LogP contribution in [0.4, 0.5) is 13.2 Å². The van der Waals surface area contributed by atoms with E-state index in [4.69, 9.17) is 5.73 Å². The first-order chi connectivity index (χ1) is 8.19. The highest BCUT2D eigenvalue weighted by molar-refractivity contribution is 7.89. The lowest BCUT2D eigenvalue weighted by atomic mass is 10.4. The molecule has 0 spiro atoms. The summed E-state index contributed by atoms with van der Waals surface area (Å²) in [6.45, 7) is 0.785. The van der Waals surface area contributed by atoms with E-state index in [9.17, 15) is 21.6 Å². The van der Waals surface area contributed by atoms with Crippen molar-refractivity contribution in [2.45, 2.75) is 31.1 Å². The van der Waals surface area contributed by atoms with Gasteiger partial charge in [-0.2, -0.15) is 13.2 Å². The van der Waals surface area contributed by atoms with Gasteiger partial charge in [0.2, 0.25) is 10.0 Å². The largest absolute Gasteiger partial charge is 0.402 e. The van der Waals surface area contributed by atoms with Gasteiger partial charge in [-0.05, 0) is 13.0 Å². The van der Waals surface area contributed by atoms with Crippen LogP contribution in [0.3, 0.4) is 0 Å². The number of nitrogens with zero attached hydrogens (tertiary/aromatic N) is 1. The Morgan fingerprint density at radius 3 is 2.44 bits per heavy atom. The van der Waals surface area contributed by atoms with Crippen molar-refractivity contribution in [3.05, 3.63) is 18.0 Å². The Labute approximate surface area is 103 Å². The Kier molecular flexibility index (Phi) is 4.41. The predicted octanol–water partition coefficient (Wildman–Crippen LogP) is 0.807. The van der Waals surface area contributed by atoms with Crippen LogP contribution in [0, 0.1) is 0 Å². The van der Waals surface area contributed by atoms with Crippen molar-refractivity contribution in [2.75, 3.05) is 6.54 Å². The highest BCUT2D eigenvalue weighted by Gasteiger charge is 2.30. The number of aryl methyl sites for hydroxylation is 1. The zero-order chi connectivity index (χ0) is 14.0. The third-order valence-electron chi connectivity index (χ3n) is 2.28. The molecule has 0 bridgehead atoms. The molecule has 1 aromatic heterocycles. The lowest BCUT2D eigenvalue weighted by Crippen LogP contribution is -2.33. The van der Waals surface area contributed by atoms with E-state index in [1.54, 1.807) is 11.5 Å². The number of hydrogen-bond donors (Lipinski definition) is 2. The summed E-state index contributed by atoms with van der Waals surface area (Å²) >= 11 is 0. The monoisotopic (exact) mass is 285 g/mol. The molecule has 0 aliphatic rings. The van der Waals surface area contributed by atoms with E-state index >= 15 is 0 Å². The highest BCUT2D eigenvalue weighted by atomic mass is 32.2. The number of nitrogens with two attached hydrogens (primary N) is 1. The Hall–Kier alpha value is -1.06. The third kappa shape index (κ3) is 3.72. The van der Waals surface area contributed by atoms with Gasteiger partial charge in [-0.15, -0.1) is 0 Å². The smallest absolute Gasteiger partial charge is 0.349 e. The topological polar surface area (TPSA) is 77.1 Å². The van der Waals surface area contributed by atoms with E-state index in [0.29, 0.717) is 12.2 Å². The quantitative estimate of drug-likeness (QED) is 0.840. The minimum Gasteiger partial charge on any atom is -0.349 e. The molecule has 104 valence electrons. The van der Waals surface area contributed by atoms with Crippen LogP contribution in [0.2, 0.25) is 0 Å². The molecule has 18 heavy (non-hydrogen) atoms. The minimum atomic E-state index is -4.59. The summed E-state index contributed by atoms with van der Waals surface area (Å²) in [5.74, 6) is 0. The molecule has 0 fully saturated rings. The lowest BCUT2D eigenvalue weighted by molar-refractivity contribution is -0.121. The molecular weight excluding hydrogens is 271 g/mol. The summed E-state index contributed by atoms with van der Waals surface area (Å²) in [4.78, 5) is -0.214. The Balaban J connectivity index is 2.95. The molecule has 0 aliphatic heterocycles. The van der Waals surface area contributed by atoms with Gasteiger partial charge < -0.3 is 10.3 Å². The van der Waals surface area contributed by atoms with Gasteiger partial charge in [0.05, 0.1) is 4.90 Å². The predicted molar refractivity (Wildman–Crippen MR) is 59.2 cm³/mol. The molecule has 0 amide bonds. The van der Waals surface area contributed by atoms with Crippen molar-refractivity contribution in [3.63, 3.8) is 0 Å². The molecule has 0 atom stereocenters. The molecule has 0 aromatic carbocycles. The van der Waals surface area contributed by atoms with Crippen LogP contribution in [0.15, 0.2) is 17.2 Å². The SMILES string of the molecule is CCn1cc(S(=O)(=O)NCC(F)(F)F)cc1CN. The maximum absolute atomic E-state index is 12.0. The zero-order valence-electron chi connectivity index (χ0n) is 9.66. The van der Waals surface area contributed by atoms with E-state index in [-0.39, 0.29) is 11.4 Å². The summed E-state index contributed by atoms with van der Waals surface area (Å²) in [6, 6.07) is 1.27. The van der Waals surface area contributed by atoms with Crippen molar-refractivity contribution < 1.29 is 21.6 Å². The van der Waals surface area contributed by atoms with E-state index < -0.39 is 22.7 Å². The molecule has 0 unspecified atom stereocenters. The molecular formula is C9H14F3N3O2S. The molecule has 1 aromatic rings. The summed E-state index contributed by atoms with van der Waals surface area (Å²) in [7, 11) is -4.16. The van der Waals surface area contributed by atoms with Gasteiger partial charge in [-0.25, -0.2) is 13.1 Å². The normalized spacial score (nSPS) is 12.9. The fourth-order valence-electron chi connectivity index (χ4n) is 1.40. The molecule has 3 N–H and O–H groups in total. The zero-order valence-corrected chi connectivity index (χ0v) is 10.5. The lowest BCUT2D eigenvalue weighted by Gasteiger charge is -2.07. The van der Waals surface area contributed by atoms with Crippen LogP contribution < -0.4 is 10.5 Å². The van der Waals surface area contributed by atoms with Crippen LogP contribution in [-0.4, -0.2) is 25.7 Å². The fourth-order valence-corrected chi connectivity index (χ4v) is 2.48. The second-order valence-electron chi connectivity index (χ2n) is 3.60. The van der Waals surface area contributed by atoms with Crippen LogP contribution in [0.25, 0.3) is 0 Å². The molecule has 1 rings (SSSR count). The summed E-state index contributed by atoms with van der Waals surface area (Å²) in [5.41, 5.74) is 5.96. The Morgan fingerprint density at radius 1 is 1.44 bits per heavy atom. The molecule has 0 aliphatic carbocycles. The maximum atomic E-state index is 12.0. The molecule has 1 heterocycles. The summed E-state index contributed by atoms with van der Waals surface area (Å²) in [6.07, 6.45) is -3.32. The van der Waals surface area contributed by atoms with Crippen LogP contribution in [-0.2, 0) is 23.1 Å². The molecule has 0 saturated heterocycles. The molecule has 9 heteroatoms. The number of aromatic nitrogens is 1. The van der Waals surface area contributed by atoms with E-state index in [1.165, 1.54) is 17.0 Å². The van der Waals surface area contributed by atoms with E-state index in [2.05, 4.69) is 0 Å².